The standard InChI is InChI=1S/C24H29N3O3/c1-2-3-15-25-22(28)19-13-16-27(17-14-19)24(30)20-9-11-21(12-10-20)26-23(29)18-7-5-4-6-8-18/h4-12,19H,2-3,13-17H2,1H3,(H,25,28)(H,26,29). The molecule has 3 rings (SSSR count). The Balaban J connectivity index is 1.50. The van der Waals surface area contributed by atoms with Gasteiger partial charge < -0.3 is 15.5 Å². The predicted octanol–water partition coefficient (Wildman–Crippen LogP) is 3.71. The zero-order valence-corrected chi connectivity index (χ0v) is 17.4. The quantitative estimate of drug-likeness (QED) is 0.687. The third kappa shape index (κ3) is 5.69. The molecule has 2 aromatic rings. The number of nitrogens with zero attached hydrogens (tertiary/aromatic N) is 1. The number of carbonyl (C=O) groups excluding carboxylic acids is 3. The van der Waals surface area contributed by atoms with Crippen LogP contribution >= 0.6 is 0 Å². The lowest BCUT2D eigenvalue weighted by atomic mass is 9.95. The van der Waals surface area contributed by atoms with Crippen molar-refractivity contribution >= 4 is 23.4 Å². The summed E-state index contributed by atoms with van der Waals surface area (Å²) in [6.07, 6.45) is 3.43. The van der Waals surface area contributed by atoms with Crippen LogP contribution in [0.15, 0.2) is 54.6 Å². The summed E-state index contributed by atoms with van der Waals surface area (Å²) in [6, 6.07) is 15.9. The van der Waals surface area contributed by atoms with Crippen LogP contribution < -0.4 is 10.6 Å². The number of piperidine rings is 1. The summed E-state index contributed by atoms with van der Waals surface area (Å²) in [5.74, 6) is -0.134. The zero-order chi connectivity index (χ0) is 21.3. The Morgan fingerprint density at radius 1 is 0.933 bits per heavy atom. The Morgan fingerprint density at radius 2 is 1.60 bits per heavy atom. The number of rotatable bonds is 7. The molecule has 30 heavy (non-hydrogen) atoms. The first-order chi connectivity index (χ1) is 14.6. The van der Waals surface area contributed by atoms with Gasteiger partial charge in [-0.2, -0.15) is 0 Å². The van der Waals surface area contributed by atoms with E-state index in [9.17, 15) is 14.4 Å². The molecule has 0 atom stereocenters. The van der Waals surface area contributed by atoms with Crippen molar-refractivity contribution in [3.8, 4) is 0 Å². The number of benzene rings is 2. The predicted molar refractivity (Wildman–Crippen MR) is 117 cm³/mol. The van der Waals surface area contributed by atoms with Crippen LogP contribution in [0, 0.1) is 5.92 Å². The monoisotopic (exact) mass is 407 g/mol. The van der Waals surface area contributed by atoms with Gasteiger partial charge in [0.1, 0.15) is 0 Å². The lowest BCUT2D eigenvalue weighted by molar-refractivity contribution is -0.126. The molecular weight excluding hydrogens is 378 g/mol. The summed E-state index contributed by atoms with van der Waals surface area (Å²) in [5.41, 5.74) is 1.81. The van der Waals surface area contributed by atoms with Gasteiger partial charge in [0.2, 0.25) is 5.91 Å². The van der Waals surface area contributed by atoms with Crippen molar-refractivity contribution in [2.75, 3.05) is 25.0 Å². The molecule has 2 aromatic carbocycles. The first-order valence-corrected chi connectivity index (χ1v) is 10.6. The van der Waals surface area contributed by atoms with E-state index in [4.69, 9.17) is 0 Å². The Bertz CT molecular complexity index is 857. The van der Waals surface area contributed by atoms with E-state index in [0.717, 1.165) is 19.4 Å². The summed E-state index contributed by atoms with van der Waals surface area (Å²) >= 11 is 0. The van der Waals surface area contributed by atoms with Gasteiger partial charge in [0, 0.05) is 42.4 Å². The molecule has 0 radical (unpaired) electrons. The van der Waals surface area contributed by atoms with Gasteiger partial charge in [0.05, 0.1) is 0 Å². The van der Waals surface area contributed by atoms with Crippen LogP contribution in [0.25, 0.3) is 0 Å². The molecule has 1 aliphatic heterocycles. The van der Waals surface area contributed by atoms with Crippen LogP contribution in [0.5, 0.6) is 0 Å². The molecule has 1 saturated heterocycles. The van der Waals surface area contributed by atoms with Crippen molar-refractivity contribution in [1.29, 1.82) is 0 Å². The van der Waals surface area contributed by atoms with E-state index in [1.807, 2.05) is 18.2 Å². The highest BCUT2D eigenvalue weighted by Gasteiger charge is 2.27. The van der Waals surface area contributed by atoms with Crippen molar-refractivity contribution in [3.05, 3.63) is 65.7 Å². The first-order valence-electron chi connectivity index (χ1n) is 10.6. The van der Waals surface area contributed by atoms with Crippen molar-refractivity contribution < 1.29 is 14.4 Å². The molecule has 6 nitrogen and oxygen atoms in total. The fraction of sp³-hybridized carbons (Fsp3) is 0.375. The van der Waals surface area contributed by atoms with Crippen molar-refractivity contribution in [2.45, 2.75) is 32.6 Å². The minimum atomic E-state index is -0.186. The molecule has 1 heterocycles. The highest BCUT2D eigenvalue weighted by molar-refractivity contribution is 6.04. The van der Waals surface area contributed by atoms with Gasteiger partial charge in [0.25, 0.3) is 11.8 Å². The highest BCUT2D eigenvalue weighted by Crippen LogP contribution is 2.20. The van der Waals surface area contributed by atoms with Crippen LogP contribution in [0.2, 0.25) is 0 Å². The molecule has 6 heteroatoms. The Kier molecular flexibility index (Phi) is 7.60. The Labute approximate surface area is 177 Å². The third-order valence-electron chi connectivity index (χ3n) is 5.41. The number of anilines is 1. The van der Waals surface area contributed by atoms with E-state index in [2.05, 4.69) is 17.6 Å². The average molecular weight is 408 g/mol. The summed E-state index contributed by atoms with van der Waals surface area (Å²) in [6.45, 7) is 3.98. The third-order valence-corrected chi connectivity index (χ3v) is 5.41. The molecule has 0 saturated carbocycles. The van der Waals surface area contributed by atoms with E-state index in [0.29, 0.717) is 42.7 Å². The largest absolute Gasteiger partial charge is 0.356 e. The van der Waals surface area contributed by atoms with Gasteiger partial charge in [-0.1, -0.05) is 31.5 Å². The minimum Gasteiger partial charge on any atom is -0.356 e. The lowest BCUT2D eigenvalue weighted by Gasteiger charge is -2.31. The van der Waals surface area contributed by atoms with Crippen molar-refractivity contribution in [1.82, 2.24) is 10.2 Å². The van der Waals surface area contributed by atoms with E-state index in [1.54, 1.807) is 41.3 Å². The Hall–Kier alpha value is -3.15. The van der Waals surface area contributed by atoms with Gasteiger partial charge in [-0.25, -0.2) is 0 Å². The van der Waals surface area contributed by atoms with Gasteiger partial charge in [-0.3, -0.25) is 14.4 Å². The fourth-order valence-electron chi connectivity index (χ4n) is 3.55. The summed E-state index contributed by atoms with van der Waals surface area (Å²) in [4.78, 5) is 39.0. The van der Waals surface area contributed by atoms with Crippen LogP contribution in [-0.2, 0) is 4.79 Å². The summed E-state index contributed by atoms with van der Waals surface area (Å²) < 4.78 is 0. The lowest BCUT2D eigenvalue weighted by Crippen LogP contribution is -2.43. The SMILES string of the molecule is CCCCNC(=O)C1CCN(C(=O)c2ccc(NC(=O)c3ccccc3)cc2)CC1. The second-order valence-corrected chi connectivity index (χ2v) is 7.61. The zero-order valence-electron chi connectivity index (χ0n) is 17.4. The van der Waals surface area contributed by atoms with E-state index in [-0.39, 0.29) is 23.6 Å². The smallest absolute Gasteiger partial charge is 0.255 e. The molecule has 0 aliphatic carbocycles. The molecule has 2 N–H and O–H groups in total. The molecule has 1 fully saturated rings. The first kappa shape index (κ1) is 21.6. The van der Waals surface area contributed by atoms with Crippen LogP contribution in [0.4, 0.5) is 5.69 Å². The number of amides is 3. The Morgan fingerprint density at radius 3 is 2.23 bits per heavy atom. The minimum absolute atomic E-state index is 0.0125. The maximum Gasteiger partial charge on any atom is 0.255 e. The number of hydrogen-bond acceptors (Lipinski definition) is 3. The van der Waals surface area contributed by atoms with Gasteiger partial charge >= 0.3 is 0 Å². The van der Waals surface area contributed by atoms with E-state index >= 15 is 0 Å². The molecule has 0 aromatic heterocycles. The maximum atomic E-state index is 12.8. The van der Waals surface area contributed by atoms with Gasteiger partial charge in [-0.05, 0) is 55.7 Å². The fourth-order valence-corrected chi connectivity index (χ4v) is 3.55. The molecule has 0 bridgehead atoms. The summed E-state index contributed by atoms with van der Waals surface area (Å²) in [7, 11) is 0. The van der Waals surface area contributed by atoms with Gasteiger partial charge in [0.15, 0.2) is 0 Å². The van der Waals surface area contributed by atoms with Crippen LogP contribution in [0.3, 0.4) is 0 Å². The molecule has 1 aliphatic rings. The second kappa shape index (κ2) is 10.6. The number of unbranched alkanes of at least 4 members (excludes halogenated alkanes) is 1. The molecular formula is C24H29N3O3. The van der Waals surface area contributed by atoms with E-state index in [1.165, 1.54) is 0 Å². The van der Waals surface area contributed by atoms with Crippen LogP contribution in [0.1, 0.15) is 53.3 Å². The molecule has 158 valence electrons. The van der Waals surface area contributed by atoms with Crippen molar-refractivity contribution in [3.63, 3.8) is 0 Å². The van der Waals surface area contributed by atoms with Gasteiger partial charge in [-0.15, -0.1) is 0 Å². The van der Waals surface area contributed by atoms with Crippen molar-refractivity contribution in [2.24, 2.45) is 5.92 Å². The average Bonchev–Trinajstić information content (AvgIpc) is 2.80. The number of hydrogen-bond donors (Lipinski definition) is 2. The topological polar surface area (TPSA) is 78.5 Å². The normalized spacial score (nSPS) is 14.2. The number of nitrogens with one attached hydrogen (secondary N) is 2. The second-order valence-electron chi connectivity index (χ2n) is 7.61. The molecule has 3 amide bonds. The summed E-state index contributed by atoms with van der Waals surface area (Å²) in [5, 5.41) is 5.82. The van der Waals surface area contributed by atoms with Crippen LogP contribution in [-0.4, -0.2) is 42.3 Å². The van der Waals surface area contributed by atoms with E-state index < -0.39 is 0 Å². The number of carbonyl (C=O) groups is 3. The molecule has 0 spiro atoms. The number of likely N-dealkylation sites (tertiary alicyclic amines) is 1. The highest BCUT2D eigenvalue weighted by atomic mass is 16.2. The molecule has 0 unspecified atom stereocenters. The maximum absolute atomic E-state index is 12.8.